The molecule has 78 valence electrons. The van der Waals surface area contributed by atoms with E-state index in [1.165, 1.54) is 0 Å². The fourth-order valence-corrected chi connectivity index (χ4v) is 1.81. The van der Waals surface area contributed by atoms with Crippen LogP contribution in [0.1, 0.15) is 18.3 Å². The molecule has 0 aliphatic carbocycles. The summed E-state index contributed by atoms with van der Waals surface area (Å²) in [7, 11) is 0. The fourth-order valence-electron chi connectivity index (χ4n) is 1.81. The average molecular weight is 194 g/mol. The quantitative estimate of drug-likeness (QED) is 0.631. The highest BCUT2D eigenvalue weighted by Crippen LogP contribution is 2.03. The number of nitrogens with one attached hydrogen (secondary N) is 3. The van der Waals surface area contributed by atoms with Gasteiger partial charge in [0.1, 0.15) is 0 Å². The standard InChI is InChI=1S/C10H18N4/c1-7-3-9(14-13-7)4-10-6-11-8(2)5-12-10/h3,8,10-12H,4-6H2,1-2H3,(H,13,14)/t8-,10+/m1/s1. The maximum Gasteiger partial charge on any atom is 0.0640 e. The summed E-state index contributed by atoms with van der Waals surface area (Å²) < 4.78 is 0. The molecule has 2 rings (SSSR count). The van der Waals surface area contributed by atoms with Gasteiger partial charge in [0.25, 0.3) is 0 Å². The Morgan fingerprint density at radius 3 is 2.86 bits per heavy atom. The van der Waals surface area contributed by atoms with E-state index in [-0.39, 0.29) is 0 Å². The third-order valence-electron chi connectivity index (χ3n) is 2.64. The van der Waals surface area contributed by atoms with Crippen molar-refractivity contribution in [3.63, 3.8) is 0 Å². The second-order valence-electron chi connectivity index (χ2n) is 4.16. The van der Waals surface area contributed by atoms with Gasteiger partial charge in [-0.3, -0.25) is 5.10 Å². The van der Waals surface area contributed by atoms with Crippen LogP contribution in [0.3, 0.4) is 0 Å². The molecule has 0 radical (unpaired) electrons. The molecule has 0 bridgehead atoms. The third kappa shape index (κ3) is 2.33. The van der Waals surface area contributed by atoms with E-state index in [9.17, 15) is 0 Å². The van der Waals surface area contributed by atoms with Crippen molar-refractivity contribution < 1.29 is 0 Å². The van der Waals surface area contributed by atoms with Crippen LogP contribution in [0.5, 0.6) is 0 Å². The van der Waals surface area contributed by atoms with Crippen LogP contribution in [0, 0.1) is 6.92 Å². The number of aromatic nitrogens is 2. The van der Waals surface area contributed by atoms with E-state index in [1.54, 1.807) is 0 Å². The molecule has 0 spiro atoms. The minimum atomic E-state index is 0.522. The molecule has 14 heavy (non-hydrogen) atoms. The summed E-state index contributed by atoms with van der Waals surface area (Å²) in [4.78, 5) is 0. The number of piperazine rings is 1. The van der Waals surface area contributed by atoms with Crippen molar-refractivity contribution in [2.45, 2.75) is 32.4 Å². The average Bonchev–Trinajstić information content (AvgIpc) is 2.56. The van der Waals surface area contributed by atoms with Gasteiger partial charge in [0, 0.05) is 37.3 Å². The van der Waals surface area contributed by atoms with E-state index < -0.39 is 0 Å². The summed E-state index contributed by atoms with van der Waals surface area (Å²) in [5, 5.41) is 14.2. The Labute approximate surface area is 84.5 Å². The number of hydrogen-bond donors (Lipinski definition) is 3. The number of H-pyrrole nitrogens is 1. The first-order valence-electron chi connectivity index (χ1n) is 5.21. The Morgan fingerprint density at radius 2 is 2.29 bits per heavy atom. The molecule has 1 aromatic heterocycles. The van der Waals surface area contributed by atoms with Gasteiger partial charge >= 0.3 is 0 Å². The maximum atomic E-state index is 4.24. The molecule has 1 aliphatic heterocycles. The molecule has 1 saturated heterocycles. The summed E-state index contributed by atoms with van der Waals surface area (Å²) in [6, 6.07) is 3.22. The minimum absolute atomic E-state index is 0.522. The van der Waals surface area contributed by atoms with E-state index in [1.807, 2.05) is 6.92 Å². The molecule has 1 aliphatic rings. The summed E-state index contributed by atoms with van der Waals surface area (Å²) in [5.41, 5.74) is 2.29. The van der Waals surface area contributed by atoms with Gasteiger partial charge in [0.05, 0.1) is 5.69 Å². The van der Waals surface area contributed by atoms with Crippen molar-refractivity contribution >= 4 is 0 Å². The van der Waals surface area contributed by atoms with Gasteiger partial charge in [-0.1, -0.05) is 0 Å². The number of rotatable bonds is 2. The van der Waals surface area contributed by atoms with E-state index >= 15 is 0 Å². The summed E-state index contributed by atoms with van der Waals surface area (Å²) >= 11 is 0. The number of aromatic amines is 1. The minimum Gasteiger partial charge on any atom is -0.311 e. The SMILES string of the molecule is Cc1cc(C[C@H]2CN[C@H](C)CN2)n[nH]1. The molecule has 0 saturated carbocycles. The summed E-state index contributed by atoms with van der Waals surface area (Å²) in [6.45, 7) is 6.31. The molecule has 1 aromatic rings. The van der Waals surface area contributed by atoms with Crippen LogP contribution >= 0.6 is 0 Å². The first-order valence-corrected chi connectivity index (χ1v) is 5.21. The fraction of sp³-hybridized carbons (Fsp3) is 0.700. The van der Waals surface area contributed by atoms with Gasteiger partial charge in [-0.05, 0) is 19.9 Å². The summed E-state index contributed by atoms with van der Waals surface area (Å²) in [6.07, 6.45) is 1.00. The Balaban J connectivity index is 1.86. The molecule has 2 heterocycles. The van der Waals surface area contributed by atoms with Crippen LogP contribution < -0.4 is 10.6 Å². The maximum absolute atomic E-state index is 4.24. The van der Waals surface area contributed by atoms with Crippen LogP contribution in [-0.2, 0) is 6.42 Å². The first-order chi connectivity index (χ1) is 6.74. The molecular weight excluding hydrogens is 176 g/mol. The Kier molecular flexibility index (Phi) is 2.84. The van der Waals surface area contributed by atoms with E-state index in [0.29, 0.717) is 12.1 Å². The second-order valence-corrected chi connectivity index (χ2v) is 4.16. The molecule has 0 aromatic carbocycles. The second kappa shape index (κ2) is 4.11. The highest BCUT2D eigenvalue weighted by atomic mass is 15.1. The topological polar surface area (TPSA) is 52.7 Å². The predicted molar refractivity (Wildman–Crippen MR) is 56.3 cm³/mol. The lowest BCUT2D eigenvalue weighted by molar-refractivity contribution is 0.357. The zero-order valence-electron chi connectivity index (χ0n) is 8.80. The molecule has 2 atom stereocenters. The Morgan fingerprint density at radius 1 is 1.43 bits per heavy atom. The monoisotopic (exact) mass is 194 g/mol. The largest absolute Gasteiger partial charge is 0.311 e. The lowest BCUT2D eigenvalue weighted by Gasteiger charge is -2.28. The van der Waals surface area contributed by atoms with Crippen LogP contribution in [-0.4, -0.2) is 35.4 Å². The van der Waals surface area contributed by atoms with Crippen LogP contribution in [0.15, 0.2) is 6.07 Å². The Hall–Kier alpha value is -0.870. The first kappa shape index (κ1) is 9.68. The molecule has 3 N–H and O–H groups in total. The third-order valence-corrected chi connectivity index (χ3v) is 2.64. The van der Waals surface area contributed by atoms with Gasteiger partial charge < -0.3 is 10.6 Å². The lowest BCUT2D eigenvalue weighted by atomic mass is 10.1. The smallest absolute Gasteiger partial charge is 0.0640 e. The van der Waals surface area contributed by atoms with Crippen molar-refractivity contribution in [3.8, 4) is 0 Å². The molecule has 0 unspecified atom stereocenters. The van der Waals surface area contributed by atoms with Crippen LogP contribution in [0.4, 0.5) is 0 Å². The zero-order chi connectivity index (χ0) is 9.97. The zero-order valence-corrected chi connectivity index (χ0v) is 8.80. The highest BCUT2D eigenvalue weighted by molar-refractivity contribution is 5.08. The van der Waals surface area contributed by atoms with Gasteiger partial charge in [-0.25, -0.2) is 0 Å². The van der Waals surface area contributed by atoms with Crippen molar-refractivity contribution in [1.82, 2.24) is 20.8 Å². The molecule has 1 fully saturated rings. The molecule has 4 nitrogen and oxygen atoms in total. The molecule has 4 heteroatoms. The van der Waals surface area contributed by atoms with Crippen molar-refractivity contribution in [2.75, 3.05) is 13.1 Å². The molecule has 0 amide bonds. The number of hydrogen-bond acceptors (Lipinski definition) is 3. The van der Waals surface area contributed by atoms with E-state index in [2.05, 4.69) is 33.8 Å². The van der Waals surface area contributed by atoms with Crippen molar-refractivity contribution in [3.05, 3.63) is 17.5 Å². The normalized spacial score (nSPS) is 27.9. The van der Waals surface area contributed by atoms with E-state index in [0.717, 1.165) is 30.9 Å². The highest BCUT2D eigenvalue weighted by Gasteiger charge is 2.17. The predicted octanol–water partition coefficient (Wildman–Crippen LogP) is 0.211. The van der Waals surface area contributed by atoms with Crippen LogP contribution in [0.25, 0.3) is 0 Å². The summed E-state index contributed by atoms with van der Waals surface area (Å²) in [5.74, 6) is 0. The van der Waals surface area contributed by atoms with Gasteiger partial charge in [-0.15, -0.1) is 0 Å². The number of aryl methyl sites for hydroxylation is 1. The van der Waals surface area contributed by atoms with Crippen molar-refractivity contribution in [2.24, 2.45) is 0 Å². The van der Waals surface area contributed by atoms with Crippen LogP contribution in [0.2, 0.25) is 0 Å². The Bertz CT molecular complexity index is 286. The van der Waals surface area contributed by atoms with Gasteiger partial charge in [0.2, 0.25) is 0 Å². The molecular formula is C10H18N4. The van der Waals surface area contributed by atoms with Crippen molar-refractivity contribution in [1.29, 1.82) is 0 Å². The lowest BCUT2D eigenvalue weighted by Crippen LogP contribution is -2.53. The van der Waals surface area contributed by atoms with E-state index in [4.69, 9.17) is 0 Å². The van der Waals surface area contributed by atoms with Gasteiger partial charge in [0.15, 0.2) is 0 Å². The van der Waals surface area contributed by atoms with Gasteiger partial charge in [-0.2, -0.15) is 5.10 Å². The number of nitrogens with zero attached hydrogens (tertiary/aromatic N) is 1.